The quantitative estimate of drug-likeness (QED) is 0.774. The standard InChI is InChI=1S/C17H26N4O3S/c1-16(2,3)11-8-10(9-12(14(11)22)17(4,5)6)13-15(20-21-19-13)25(23,24)18-7/h8-9,18,22H,1-7H3,(H,19,20,21). The molecule has 0 saturated carbocycles. The van der Waals surface area contributed by atoms with Gasteiger partial charge in [0.2, 0.25) is 5.03 Å². The summed E-state index contributed by atoms with van der Waals surface area (Å²) in [6, 6.07) is 3.57. The molecule has 1 aromatic heterocycles. The first kappa shape index (κ1) is 19.4. The molecule has 0 aliphatic carbocycles. The summed E-state index contributed by atoms with van der Waals surface area (Å²) in [5.41, 5.74) is 1.73. The minimum absolute atomic E-state index is 0.166. The molecule has 0 spiro atoms. The fourth-order valence-electron chi connectivity index (χ4n) is 2.61. The number of hydrogen-bond donors (Lipinski definition) is 3. The first-order chi connectivity index (χ1) is 11.3. The van der Waals surface area contributed by atoms with E-state index in [-0.39, 0.29) is 21.6 Å². The molecular formula is C17H26N4O3S. The Morgan fingerprint density at radius 3 is 1.92 bits per heavy atom. The molecule has 0 atom stereocenters. The Labute approximate surface area is 148 Å². The average Bonchev–Trinajstić information content (AvgIpc) is 2.95. The molecule has 0 amide bonds. The van der Waals surface area contributed by atoms with Crippen molar-refractivity contribution in [1.82, 2.24) is 20.1 Å². The summed E-state index contributed by atoms with van der Waals surface area (Å²) in [7, 11) is -2.43. The van der Waals surface area contributed by atoms with Gasteiger partial charge in [-0.25, -0.2) is 13.1 Å². The van der Waals surface area contributed by atoms with Gasteiger partial charge in [-0.3, -0.25) is 5.10 Å². The summed E-state index contributed by atoms with van der Waals surface area (Å²) < 4.78 is 26.7. The number of aromatic amines is 1. The van der Waals surface area contributed by atoms with E-state index in [1.807, 2.05) is 41.5 Å². The number of nitrogens with zero attached hydrogens (tertiary/aromatic N) is 2. The summed E-state index contributed by atoms with van der Waals surface area (Å²) in [4.78, 5) is 0. The van der Waals surface area contributed by atoms with Crippen molar-refractivity contribution in [3.05, 3.63) is 23.3 Å². The van der Waals surface area contributed by atoms with Gasteiger partial charge < -0.3 is 5.11 Å². The number of phenolic OH excluding ortho intramolecular Hbond substituents is 1. The molecule has 3 N–H and O–H groups in total. The molecule has 1 aromatic carbocycles. The second-order valence-electron chi connectivity index (χ2n) is 8.12. The van der Waals surface area contributed by atoms with Crippen LogP contribution in [0.5, 0.6) is 5.75 Å². The van der Waals surface area contributed by atoms with Crippen LogP contribution in [0, 0.1) is 0 Å². The molecule has 0 radical (unpaired) electrons. The number of nitrogens with one attached hydrogen (secondary N) is 2. The largest absolute Gasteiger partial charge is 0.507 e. The Kier molecular flexibility index (Phi) is 4.73. The molecule has 2 rings (SSSR count). The first-order valence-electron chi connectivity index (χ1n) is 8.02. The third kappa shape index (κ3) is 3.69. The topological polar surface area (TPSA) is 108 Å². The van der Waals surface area contributed by atoms with Crippen molar-refractivity contribution < 1.29 is 13.5 Å². The van der Waals surface area contributed by atoms with Crippen LogP contribution in [0.3, 0.4) is 0 Å². The van der Waals surface area contributed by atoms with Crippen LogP contribution in [0.15, 0.2) is 17.2 Å². The summed E-state index contributed by atoms with van der Waals surface area (Å²) in [6.07, 6.45) is 0. The van der Waals surface area contributed by atoms with E-state index in [9.17, 15) is 13.5 Å². The van der Waals surface area contributed by atoms with E-state index in [0.29, 0.717) is 11.3 Å². The predicted octanol–water partition coefficient (Wildman–Crippen LogP) is 2.68. The molecule has 0 fully saturated rings. The monoisotopic (exact) mass is 366 g/mol. The van der Waals surface area contributed by atoms with Crippen molar-refractivity contribution in [3.63, 3.8) is 0 Å². The molecule has 0 aliphatic rings. The van der Waals surface area contributed by atoms with E-state index in [0.717, 1.165) is 11.1 Å². The fraction of sp³-hybridized carbons (Fsp3) is 0.529. The van der Waals surface area contributed by atoms with Crippen LogP contribution in [0.2, 0.25) is 0 Å². The Balaban J connectivity index is 2.84. The zero-order valence-corrected chi connectivity index (χ0v) is 16.5. The van der Waals surface area contributed by atoms with E-state index in [2.05, 4.69) is 20.1 Å². The van der Waals surface area contributed by atoms with E-state index in [4.69, 9.17) is 0 Å². The van der Waals surface area contributed by atoms with Crippen LogP contribution in [0.1, 0.15) is 52.7 Å². The number of rotatable bonds is 3. The van der Waals surface area contributed by atoms with Crippen LogP contribution >= 0.6 is 0 Å². The highest BCUT2D eigenvalue weighted by molar-refractivity contribution is 7.89. The normalized spacial score (nSPS) is 13.2. The van der Waals surface area contributed by atoms with Gasteiger partial charge in [0.25, 0.3) is 10.0 Å². The van der Waals surface area contributed by atoms with Gasteiger partial charge in [-0.15, -0.1) is 5.10 Å². The van der Waals surface area contributed by atoms with Crippen molar-refractivity contribution in [2.24, 2.45) is 0 Å². The van der Waals surface area contributed by atoms with Gasteiger partial charge in [0.1, 0.15) is 11.4 Å². The average molecular weight is 366 g/mol. The van der Waals surface area contributed by atoms with Crippen LogP contribution < -0.4 is 4.72 Å². The van der Waals surface area contributed by atoms with Crippen molar-refractivity contribution in [2.45, 2.75) is 57.4 Å². The number of H-pyrrole nitrogens is 1. The van der Waals surface area contributed by atoms with Gasteiger partial charge in [-0.05, 0) is 30.0 Å². The number of phenols is 1. The highest BCUT2D eigenvalue weighted by Crippen LogP contribution is 2.42. The number of aromatic hydroxyl groups is 1. The second-order valence-corrected chi connectivity index (χ2v) is 9.92. The van der Waals surface area contributed by atoms with Crippen molar-refractivity contribution in [1.29, 1.82) is 0 Å². The smallest absolute Gasteiger partial charge is 0.261 e. The first-order valence-corrected chi connectivity index (χ1v) is 9.50. The van der Waals surface area contributed by atoms with E-state index in [1.165, 1.54) is 7.05 Å². The maximum atomic E-state index is 12.2. The Hall–Kier alpha value is -1.93. The van der Waals surface area contributed by atoms with Gasteiger partial charge in [0.05, 0.1) is 0 Å². The van der Waals surface area contributed by atoms with Gasteiger partial charge in [0, 0.05) is 16.7 Å². The highest BCUT2D eigenvalue weighted by Gasteiger charge is 2.29. The Morgan fingerprint density at radius 1 is 1.04 bits per heavy atom. The van der Waals surface area contributed by atoms with Crippen LogP contribution in [0.4, 0.5) is 0 Å². The summed E-state index contributed by atoms with van der Waals surface area (Å²) in [5.74, 6) is 0.231. The Bertz CT molecular complexity index is 852. The van der Waals surface area contributed by atoms with E-state index in [1.54, 1.807) is 12.1 Å². The summed E-state index contributed by atoms with van der Waals surface area (Å²) in [6.45, 7) is 12.0. The minimum Gasteiger partial charge on any atom is -0.507 e. The van der Waals surface area contributed by atoms with Gasteiger partial charge in [-0.1, -0.05) is 46.8 Å². The predicted molar refractivity (Wildman–Crippen MR) is 97.1 cm³/mol. The van der Waals surface area contributed by atoms with Gasteiger partial charge in [-0.2, -0.15) is 0 Å². The molecule has 0 aliphatic heterocycles. The van der Waals surface area contributed by atoms with Crippen molar-refractivity contribution >= 4 is 10.0 Å². The lowest BCUT2D eigenvalue weighted by molar-refractivity contribution is 0.423. The van der Waals surface area contributed by atoms with E-state index < -0.39 is 10.0 Å². The molecule has 2 aromatic rings. The summed E-state index contributed by atoms with van der Waals surface area (Å²) in [5, 5.41) is 20.7. The number of benzene rings is 1. The lowest BCUT2D eigenvalue weighted by atomic mass is 9.78. The molecule has 138 valence electrons. The lowest BCUT2D eigenvalue weighted by Crippen LogP contribution is -2.20. The molecule has 0 bridgehead atoms. The van der Waals surface area contributed by atoms with Crippen molar-refractivity contribution in [3.8, 4) is 17.0 Å². The molecule has 0 unspecified atom stereocenters. The molecule has 8 heteroatoms. The van der Waals surface area contributed by atoms with Crippen LogP contribution in [-0.2, 0) is 20.9 Å². The fourth-order valence-corrected chi connectivity index (χ4v) is 3.39. The van der Waals surface area contributed by atoms with Gasteiger partial charge in [0.15, 0.2) is 0 Å². The number of aromatic nitrogens is 3. The number of sulfonamides is 1. The van der Waals surface area contributed by atoms with Crippen LogP contribution in [-0.4, -0.2) is 36.0 Å². The second kappa shape index (κ2) is 6.10. The summed E-state index contributed by atoms with van der Waals surface area (Å²) >= 11 is 0. The molecule has 7 nitrogen and oxygen atoms in total. The SMILES string of the molecule is CNS(=O)(=O)c1nn[nH]c1-c1cc(C(C)(C)C)c(O)c(C(C)(C)C)c1. The zero-order chi connectivity index (χ0) is 19.2. The maximum absolute atomic E-state index is 12.2. The Morgan fingerprint density at radius 2 is 1.52 bits per heavy atom. The third-order valence-corrected chi connectivity index (χ3v) is 5.39. The molecule has 0 saturated heterocycles. The molecule has 25 heavy (non-hydrogen) atoms. The van der Waals surface area contributed by atoms with Crippen LogP contribution in [0.25, 0.3) is 11.3 Å². The maximum Gasteiger partial charge on any atom is 0.261 e. The van der Waals surface area contributed by atoms with E-state index >= 15 is 0 Å². The number of hydrogen-bond acceptors (Lipinski definition) is 5. The lowest BCUT2D eigenvalue weighted by Gasteiger charge is -2.28. The van der Waals surface area contributed by atoms with Gasteiger partial charge >= 0.3 is 0 Å². The molecule has 1 heterocycles. The third-order valence-electron chi connectivity index (χ3n) is 4.05. The van der Waals surface area contributed by atoms with Crippen molar-refractivity contribution in [2.75, 3.05) is 7.05 Å². The zero-order valence-electron chi connectivity index (χ0n) is 15.7. The molecular weight excluding hydrogens is 340 g/mol. The highest BCUT2D eigenvalue weighted by atomic mass is 32.2. The minimum atomic E-state index is -3.76.